The summed E-state index contributed by atoms with van der Waals surface area (Å²) in [6, 6.07) is 15.2. The van der Waals surface area contributed by atoms with Gasteiger partial charge in [0.05, 0.1) is 12.9 Å². The van der Waals surface area contributed by atoms with Crippen molar-refractivity contribution in [1.82, 2.24) is 24.6 Å². The smallest absolute Gasteiger partial charge is 0.233 e. The first kappa shape index (κ1) is 21.7. The Morgan fingerprint density at radius 3 is 2.35 bits per heavy atom. The molecule has 1 aliphatic rings. The molecule has 2 aromatic carbocycles. The summed E-state index contributed by atoms with van der Waals surface area (Å²) < 4.78 is 7.22. The van der Waals surface area contributed by atoms with E-state index in [9.17, 15) is 4.79 Å². The number of nitrogens with zero attached hydrogens (tertiary/aromatic N) is 5. The first-order valence-corrected chi connectivity index (χ1v) is 11.4. The third kappa shape index (κ3) is 5.03. The number of rotatable bonds is 6. The number of amides is 1. The van der Waals surface area contributed by atoms with Gasteiger partial charge in [-0.25, -0.2) is 0 Å². The second-order valence-electron chi connectivity index (χ2n) is 7.32. The van der Waals surface area contributed by atoms with Crippen molar-refractivity contribution >= 4 is 29.3 Å². The molecule has 162 valence electrons. The Bertz CT molecular complexity index is 1030. The van der Waals surface area contributed by atoms with Crippen molar-refractivity contribution in [3.63, 3.8) is 0 Å². The molecule has 1 aromatic heterocycles. The predicted molar refractivity (Wildman–Crippen MR) is 123 cm³/mol. The van der Waals surface area contributed by atoms with Crippen LogP contribution in [0.15, 0.2) is 53.7 Å². The molecular formula is C22H24ClN5O2S. The first-order valence-electron chi connectivity index (χ1n) is 10.00. The minimum absolute atomic E-state index is 0.120. The quantitative estimate of drug-likeness (QED) is 0.528. The van der Waals surface area contributed by atoms with E-state index in [0.29, 0.717) is 21.8 Å². The second-order valence-corrected chi connectivity index (χ2v) is 8.70. The molecule has 2 heterocycles. The van der Waals surface area contributed by atoms with E-state index in [1.807, 2.05) is 58.0 Å². The van der Waals surface area contributed by atoms with Crippen LogP contribution in [0.4, 0.5) is 0 Å². The van der Waals surface area contributed by atoms with Crippen LogP contribution in [0.3, 0.4) is 0 Å². The van der Waals surface area contributed by atoms with Gasteiger partial charge in [-0.05, 0) is 55.6 Å². The van der Waals surface area contributed by atoms with Crippen molar-refractivity contribution in [3.8, 4) is 22.8 Å². The highest BCUT2D eigenvalue weighted by molar-refractivity contribution is 7.99. The van der Waals surface area contributed by atoms with Gasteiger partial charge >= 0.3 is 0 Å². The van der Waals surface area contributed by atoms with Crippen molar-refractivity contribution in [2.75, 3.05) is 46.1 Å². The fraction of sp³-hybridized carbons (Fsp3) is 0.318. The topological polar surface area (TPSA) is 63.5 Å². The molecule has 31 heavy (non-hydrogen) atoms. The van der Waals surface area contributed by atoms with E-state index in [-0.39, 0.29) is 5.91 Å². The number of aromatic nitrogens is 3. The molecule has 0 bridgehead atoms. The highest BCUT2D eigenvalue weighted by Gasteiger charge is 2.22. The normalized spacial score (nSPS) is 14.6. The van der Waals surface area contributed by atoms with E-state index in [1.54, 1.807) is 7.11 Å². The Balaban J connectivity index is 1.60. The van der Waals surface area contributed by atoms with E-state index >= 15 is 0 Å². The number of piperazine rings is 1. The molecule has 7 nitrogen and oxygen atoms in total. The summed E-state index contributed by atoms with van der Waals surface area (Å²) in [7, 11) is 3.71. The zero-order valence-corrected chi connectivity index (χ0v) is 19.1. The molecule has 1 aliphatic heterocycles. The molecule has 1 amide bonds. The van der Waals surface area contributed by atoms with Crippen LogP contribution in [-0.2, 0) is 4.79 Å². The highest BCUT2D eigenvalue weighted by atomic mass is 35.5. The van der Waals surface area contributed by atoms with E-state index in [4.69, 9.17) is 16.3 Å². The third-order valence-electron chi connectivity index (χ3n) is 5.25. The average molecular weight is 458 g/mol. The number of hydrogen-bond acceptors (Lipinski definition) is 6. The Hall–Kier alpha value is -2.55. The molecule has 4 rings (SSSR count). The molecule has 0 spiro atoms. The van der Waals surface area contributed by atoms with Crippen LogP contribution >= 0.6 is 23.4 Å². The Morgan fingerprint density at radius 1 is 1.03 bits per heavy atom. The number of thioether (sulfide) groups is 1. The van der Waals surface area contributed by atoms with Crippen molar-refractivity contribution in [3.05, 3.63) is 53.6 Å². The van der Waals surface area contributed by atoms with Crippen LogP contribution in [-0.4, -0.2) is 76.6 Å². The molecule has 1 fully saturated rings. The molecule has 3 aromatic rings. The fourth-order valence-electron chi connectivity index (χ4n) is 3.39. The summed E-state index contributed by atoms with van der Waals surface area (Å²) >= 11 is 7.49. The van der Waals surface area contributed by atoms with Gasteiger partial charge in [0, 0.05) is 42.5 Å². The lowest BCUT2D eigenvalue weighted by Crippen LogP contribution is -2.47. The standard InChI is InChI=1S/C22H24ClN5O2S/c1-26-11-13-27(14-12-26)20(29)15-31-22-25-24-21(16-3-9-19(30-2)10-4-16)28(22)18-7-5-17(23)6-8-18/h3-10H,11-15H2,1-2H3. The largest absolute Gasteiger partial charge is 0.497 e. The van der Waals surface area contributed by atoms with Crippen molar-refractivity contribution in [1.29, 1.82) is 0 Å². The van der Waals surface area contributed by atoms with Gasteiger partial charge in [-0.2, -0.15) is 0 Å². The minimum Gasteiger partial charge on any atom is -0.497 e. The number of methoxy groups -OCH3 is 1. The van der Waals surface area contributed by atoms with Gasteiger partial charge in [0.1, 0.15) is 5.75 Å². The molecule has 0 unspecified atom stereocenters. The predicted octanol–water partition coefficient (Wildman–Crippen LogP) is 3.46. The number of likely N-dealkylation sites (N-methyl/N-ethyl adjacent to an activating group) is 1. The van der Waals surface area contributed by atoms with Crippen molar-refractivity contribution in [2.24, 2.45) is 0 Å². The summed E-state index contributed by atoms with van der Waals surface area (Å²) in [5, 5.41) is 10.1. The second kappa shape index (κ2) is 9.72. The van der Waals surface area contributed by atoms with Gasteiger partial charge in [0.15, 0.2) is 11.0 Å². The lowest BCUT2D eigenvalue weighted by atomic mass is 10.2. The summed E-state index contributed by atoms with van der Waals surface area (Å²) in [5.74, 6) is 1.90. The minimum atomic E-state index is 0.120. The number of halogens is 1. The average Bonchev–Trinajstić information content (AvgIpc) is 3.22. The van der Waals surface area contributed by atoms with Gasteiger partial charge in [-0.3, -0.25) is 9.36 Å². The van der Waals surface area contributed by atoms with E-state index in [2.05, 4.69) is 22.1 Å². The zero-order valence-electron chi connectivity index (χ0n) is 17.5. The number of carbonyl (C=O) groups is 1. The first-order chi connectivity index (χ1) is 15.0. The monoisotopic (exact) mass is 457 g/mol. The highest BCUT2D eigenvalue weighted by Crippen LogP contribution is 2.29. The zero-order chi connectivity index (χ0) is 21.8. The van der Waals surface area contributed by atoms with Gasteiger partial charge < -0.3 is 14.5 Å². The Morgan fingerprint density at radius 2 is 1.71 bits per heavy atom. The van der Waals surface area contributed by atoms with E-state index in [1.165, 1.54) is 11.8 Å². The summed E-state index contributed by atoms with van der Waals surface area (Å²) in [4.78, 5) is 16.9. The van der Waals surface area contributed by atoms with E-state index in [0.717, 1.165) is 43.2 Å². The van der Waals surface area contributed by atoms with Gasteiger partial charge in [-0.15, -0.1) is 10.2 Å². The molecule has 9 heteroatoms. The molecular weight excluding hydrogens is 434 g/mol. The van der Waals surface area contributed by atoms with Gasteiger partial charge in [0.25, 0.3) is 0 Å². The molecule has 0 N–H and O–H groups in total. The molecule has 0 atom stereocenters. The van der Waals surface area contributed by atoms with Crippen molar-refractivity contribution < 1.29 is 9.53 Å². The Labute approximate surface area is 191 Å². The van der Waals surface area contributed by atoms with Crippen LogP contribution < -0.4 is 4.74 Å². The van der Waals surface area contributed by atoms with Crippen LogP contribution in [0, 0.1) is 0 Å². The maximum absolute atomic E-state index is 12.7. The van der Waals surface area contributed by atoms with Crippen LogP contribution in [0.1, 0.15) is 0 Å². The van der Waals surface area contributed by atoms with Crippen molar-refractivity contribution in [2.45, 2.75) is 5.16 Å². The van der Waals surface area contributed by atoms with Gasteiger partial charge in [-0.1, -0.05) is 23.4 Å². The summed E-state index contributed by atoms with van der Waals surface area (Å²) in [5.41, 5.74) is 1.79. The van der Waals surface area contributed by atoms with E-state index < -0.39 is 0 Å². The number of benzene rings is 2. The summed E-state index contributed by atoms with van der Waals surface area (Å²) in [6.07, 6.45) is 0. The molecule has 0 aliphatic carbocycles. The molecule has 0 saturated carbocycles. The Kier molecular flexibility index (Phi) is 6.80. The van der Waals surface area contributed by atoms with Crippen LogP contribution in [0.2, 0.25) is 5.02 Å². The molecule has 1 saturated heterocycles. The molecule has 0 radical (unpaired) electrons. The number of hydrogen-bond donors (Lipinski definition) is 0. The lowest BCUT2D eigenvalue weighted by molar-refractivity contribution is -0.129. The maximum atomic E-state index is 12.7. The SMILES string of the molecule is COc1ccc(-c2nnc(SCC(=O)N3CCN(C)CC3)n2-c2ccc(Cl)cc2)cc1. The third-order valence-corrected chi connectivity index (χ3v) is 6.41. The maximum Gasteiger partial charge on any atom is 0.233 e. The lowest BCUT2D eigenvalue weighted by Gasteiger charge is -2.32. The number of carbonyl (C=O) groups excluding carboxylic acids is 1. The van der Waals surface area contributed by atoms with Gasteiger partial charge in [0.2, 0.25) is 5.91 Å². The summed E-state index contributed by atoms with van der Waals surface area (Å²) in [6.45, 7) is 3.33. The van der Waals surface area contributed by atoms with Crippen LogP contribution in [0.25, 0.3) is 17.1 Å². The fourth-order valence-corrected chi connectivity index (χ4v) is 4.37. The number of ether oxygens (including phenoxy) is 1. The van der Waals surface area contributed by atoms with Crippen LogP contribution in [0.5, 0.6) is 5.75 Å².